The lowest BCUT2D eigenvalue weighted by Gasteiger charge is -2.35. The van der Waals surface area contributed by atoms with Crippen LogP contribution in [0.25, 0.3) is 5.82 Å². The highest BCUT2D eigenvalue weighted by molar-refractivity contribution is 6.21. The van der Waals surface area contributed by atoms with E-state index in [2.05, 4.69) is 19.9 Å². The number of hydrogen-bond acceptors (Lipinski definition) is 7. The highest BCUT2D eigenvalue weighted by atomic mass is 16.2. The van der Waals surface area contributed by atoms with Gasteiger partial charge in [-0.2, -0.15) is 0 Å². The molecule has 0 N–H and O–H groups in total. The second kappa shape index (κ2) is 8.81. The summed E-state index contributed by atoms with van der Waals surface area (Å²) in [5.74, 6) is 1.02. The summed E-state index contributed by atoms with van der Waals surface area (Å²) in [5.41, 5.74) is 0.872. The molecular weight excluding hydrogens is 422 g/mol. The van der Waals surface area contributed by atoms with Crippen molar-refractivity contribution < 1.29 is 14.4 Å². The molecule has 3 aromatic rings. The fourth-order valence-corrected chi connectivity index (χ4v) is 4.22. The number of hydrogen-bond donors (Lipinski definition) is 0. The van der Waals surface area contributed by atoms with Gasteiger partial charge in [0, 0.05) is 57.6 Å². The van der Waals surface area contributed by atoms with Gasteiger partial charge in [0.15, 0.2) is 0 Å². The summed E-state index contributed by atoms with van der Waals surface area (Å²) in [6, 6.07) is 8.72. The molecule has 1 saturated heterocycles. The topological polar surface area (TPSA) is 105 Å². The number of piperazine rings is 1. The van der Waals surface area contributed by atoms with Crippen LogP contribution in [0, 0.1) is 0 Å². The molecule has 33 heavy (non-hydrogen) atoms. The Labute approximate surface area is 190 Å². The van der Waals surface area contributed by atoms with Gasteiger partial charge in [-0.15, -0.1) is 0 Å². The molecule has 0 aliphatic carbocycles. The van der Waals surface area contributed by atoms with Gasteiger partial charge in [0.2, 0.25) is 5.91 Å². The predicted molar refractivity (Wildman–Crippen MR) is 119 cm³/mol. The molecule has 2 aliphatic heterocycles. The van der Waals surface area contributed by atoms with Crippen LogP contribution in [-0.4, -0.2) is 79.8 Å². The van der Waals surface area contributed by atoms with E-state index in [9.17, 15) is 14.4 Å². The van der Waals surface area contributed by atoms with Crippen molar-refractivity contribution in [2.24, 2.45) is 0 Å². The molecule has 0 bridgehead atoms. The van der Waals surface area contributed by atoms with Gasteiger partial charge in [-0.25, -0.2) is 15.0 Å². The average molecular weight is 445 g/mol. The molecule has 0 atom stereocenters. The maximum atomic E-state index is 12.7. The Balaban J connectivity index is 1.11. The zero-order valence-corrected chi connectivity index (χ0v) is 18.0. The second-order valence-electron chi connectivity index (χ2n) is 7.98. The van der Waals surface area contributed by atoms with Crippen LogP contribution in [0.4, 0.5) is 5.82 Å². The van der Waals surface area contributed by atoms with E-state index in [1.165, 1.54) is 11.2 Å². The standard InChI is InChI=1S/C23H23N7O3/c31-21(6-3-8-30-22(32)17-4-1-2-5-18(17)23(30)33)28-12-10-27(11-13-28)19-14-20(26-15-25-19)29-9-7-24-16-29/h1-2,4-5,7,9,14-16H,3,6,8,10-13H2. The lowest BCUT2D eigenvalue weighted by Crippen LogP contribution is -2.49. The maximum Gasteiger partial charge on any atom is 0.261 e. The monoisotopic (exact) mass is 445 g/mol. The lowest BCUT2D eigenvalue weighted by atomic mass is 10.1. The molecule has 2 aromatic heterocycles. The Hall–Kier alpha value is -4.08. The van der Waals surface area contributed by atoms with Crippen LogP contribution in [0.3, 0.4) is 0 Å². The zero-order valence-electron chi connectivity index (χ0n) is 18.0. The Kier molecular flexibility index (Phi) is 5.55. The molecule has 1 aromatic carbocycles. The molecule has 0 saturated carbocycles. The molecule has 2 aliphatic rings. The first kappa shape index (κ1) is 20.8. The van der Waals surface area contributed by atoms with Gasteiger partial charge in [-0.1, -0.05) is 12.1 Å². The number of carbonyl (C=O) groups is 3. The number of aromatic nitrogens is 4. The van der Waals surface area contributed by atoms with Crippen LogP contribution in [0.2, 0.25) is 0 Å². The fraction of sp³-hybridized carbons (Fsp3) is 0.304. The predicted octanol–water partition coefficient (Wildman–Crippen LogP) is 1.39. The third kappa shape index (κ3) is 4.07. The number of imide groups is 1. The van der Waals surface area contributed by atoms with Gasteiger partial charge in [0.05, 0.1) is 11.1 Å². The van der Waals surface area contributed by atoms with E-state index in [4.69, 9.17) is 0 Å². The van der Waals surface area contributed by atoms with Crippen molar-refractivity contribution in [2.75, 3.05) is 37.6 Å². The highest BCUT2D eigenvalue weighted by Crippen LogP contribution is 2.23. The Bertz CT molecular complexity index is 1150. The van der Waals surface area contributed by atoms with Crippen LogP contribution in [0.1, 0.15) is 33.6 Å². The Morgan fingerprint density at radius 2 is 1.64 bits per heavy atom. The van der Waals surface area contributed by atoms with Crippen molar-refractivity contribution in [3.63, 3.8) is 0 Å². The summed E-state index contributed by atoms with van der Waals surface area (Å²) in [6.07, 6.45) is 7.48. The molecule has 4 heterocycles. The minimum atomic E-state index is -0.281. The first-order valence-electron chi connectivity index (χ1n) is 10.9. The average Bonchev–Trinajstić information content (AvgIpc) is 3.48. The van der Waals surface area contributed by atoms with Crippen LogP contribution < -0.4 is 4.90 Å². The summed E-state index contributed by atoms with van der Waals surface area (Å²) < 4.78 is 1.82. The second-order valence-corrected chi connectivity index (χ2v) is 7.98. The van der Waals surface area contributed by atoms with Gasteiger partial charge in [0.1, 0.15) is 24.3 Å². The molecule has 3 amide bonds. The smallest absolute Gasteiger partial charge is 0.261 e. The van der Waals surface area contributed by atoms with Crippen molar-refractivity contribution in [2.45, 2.75) is 12.8 Å². The Morgan fingerprint density at radius 3 is 2.30 bits per heavy atom. The lowest BCUT2D eigenvalue weighted by molar-refractivity contribution is -0.131. The summed E-state index contributed by atoms with van der Waals surface area (Å²) in [5, 5.41) is 0. The number of rotatable bonds is 6. The number of imidazole rings is 1. The van der Waals surface area contributed by atoms with E-state index >= 15 is 0 Å². The number of amides is 3. The number of fused-ring (bicyclic) bond motifs is 1. The van der Waals surface area contributed by atoms with Crippen LogP contribution in [-0.2, 0) is 4.79 Å². The van der Waals surface area contributed by atoms with Crippen molar-refractivity contribution in [3.05, 3.63) is 66.5 Å². The molecule has 5 rings (SSSR count). The third-order valence-electron chi connectivity index (χ3n) is 6.01. The zero-order chi connectivity index (χ0) is 22.8. The Morgan fingerprint density at radius 1 is 0.939 bits per heavy atom. The maximum absolute atomic E-state index is 12.7. The summed E-state index contributed by atoms with van der Waals surface area (Å²) >= 11 is 0. The quantitative estimate of drug-likeness (QED) is 0.528. The first-order chi connectivity index (χ1) is 16.1. The molecule has 1 fully saturated rings. The van der Waals surface area contributed by atoms with Crippen LogP contribution in [0.5, 0.6) is 0 Å². The van der Waals surface area contributed by atoms with Crippen molar-refractivity contribution in [1.29, 1.82) is 0 Å². The van der Waals surface area contributed by atoms with Gasteiger partial charge < -0.3 is 9.80 Å². The molecule has 10 heteroatoms. The van der Waals surface area contributed by atoms with E-state index in [-0.39, 0.29) is 24.3 Å². The molecule has 10 nitrogen and oxygen atoms in total. The fourth-order valence-electron chi connectivity index (χ4n) is 4.22. The SMILES string of the molecule is O=C(CCCN1C(=O)c2ccccc2C1=O)N1CCN(c2cc(-n3ccnc3)ncn2)CC1. The third-order valence-corrected chi connectivity index (χ3v) is 6.01. The van der Waals surface area contributed by atoms with Gasteiger partial charge in [-0.3, -0.25) is 23.9 Å². The first-order valence-corrected chi connectivity index (χ1v) is 10.9. The van der Waals surface area contributed by atoms with E-state index < -0.39 is 0 Å². The molecule has 0 radical (unpaired) electrons. The van der Waals surface area contributed by atoms with Crippen molar-refractivity contribution in [1.82, 2.24) is 29.3 Å². The minimum absolute atomic E-state index is 0.0352. The van der Waals surface area contributed by atoms with Crippen molar-refractivity contribution >= 4 is 23.5 Å². The van der Waals surface area contributed by atoms with Gasteiger partial charge in [0.25, 0.3) is 11.8 Å². The van der Waals surface area contributed by atoms with E-state index in [1.54, 1.807) is 36.8 Å². The molecule has 0 unspecified atom stereocenters. The number of nitrogens with zero attached hydrogens (tertiary/aromatic N) is 7. The van der Waals surface area contributed by atoms with Crippen LogP contribution in [0.15, 0.2) is 55.4 Å². The molecule has 0 spiro atoms. The minimum Gasteiger partial charge on any atom is -0.353 e. The van der Waals surface area contributed by atoms with Gasteiger partial charge in [-0.05, 0) is 18.6 Å². The molecular formula is C23H23N7O3. The van der Waals surface area contributed by atoms with Gasteiger partial charge >= 0.3 is 0 Å². The van der Waals surface area contributed by atoms with E-state index in [1.807, 2.05) is 21.7 Å². The summed E-state index contributed by atoms with van der Waals surface area (Å²) in [7, 11) is 0. The van der Waals surface area contributed by atoms with Crippen LogP contribution >= 0.6 is 0 Å². The number of benzene rings is 1. The number of carbonyl (C=O) groups excluding carboxylic acids is 3. The normalized spacial score (nSPS) is 15.8. The van der Waals surface area contributed by atoms with E-state index in [0.29, 0.717) is 50.1 Å². The molecule has 168 valence electrons. The highest BCUT2D eigenvalue weighted by Gasteiger charge is 2.34. The van der Waals surface area contributed by atoms with E-state index in [0.717, 1.165) is 11.6 Å². The summed E-state index contributed by atoms with van der Waals surface area (Å²) in [4.78, 5) is 55.5. The largest absolute Gasteiger partial charge is 0.353 e. The number of anilines is 1. The van der Waals surface area contributed by atoms with Crippen molar-refractivity contribution in [3.8, 4) is 5.82 Å². The summed E-state index contributed by atoms with van der Waals surface area (Å²) in [6.45, 7) is 2.78.